The summed E-state index contributed by atoms with van der Waals surface area (Å²) in [6, 6.07) is 0.0511. The van der Waals surface area contributed by atoms with E-state index in [4.69, 9.17) is 4.74 Å². The molecular formula is C20H32N6O2. The standard InChI is InChI=1S/C20H32N6O2/c1-8-16-15(20(28-7)26(6)23-16)11-21-10-14-9-17(27)24(4)19(14)18-12(2)22-25(5)13(18)3/h14,19,21H,8-11H2,1-7H3/t14-,19+/m0/s1. The van der Waals surface area contributed by atoms with Gasteiger partial charge in [-0.15, -0.1) is 0 Å². The first-order valence-electron chi connectivity index (χ1n) is 9.85. The van der Waals surface area contributed by atoms with Crippen LogP contribution in [0.2, 0.25) is 0 Å². The van der Waals surface area contributed by atoms with E-state index in [1.54, 1.807) is 11.8 Å². The molecule has 28 heavy (non-hydrogen) atoms. The van der Waals surface area contributed by atoms with Gasteiger partial charge in [-0.1, -0.05) is 6.92 Å². The van der Waals surface area contributed by atoms with Crippen molar-refractivity contribution in [2.75, 3.05) is 20.7 Å². The molecule has 0 saturated carbocycles. The van der Waals surface area contributed by atoms with Crippen molar-refractivity contribution in [1.82, 2.24) is 29.8 Å². The summed E-state index contributed by atoms with van der Waals surface area (Å²) in [5.74, 6) is 1.18. The van der Waals surface area contributed by atoms with Crippen LogP contribution in [0.1, 0.15) is 47.6 Å². The first-order chi connectivity index (χ1) is 13.3. The van der Waals surface area contributed by atoms with E-state index in [9.17, 15) is 4.79 Å². The van der Waals surface area contributed by atoms with E-state index in [0.717, 1.165) is 41.5 Å². The summed E-state index contributed by atoms with van der Waals surface area (Å²) in [5, 5.41) is 12.7. The number of aryl methyl sites for hydroxylation is 4. The van der Waals surface area contributed by atoms with Crippen molar-refractivity contribution < 1.29 is 9.53 Å². The van der Waals surface area contributed by atoms with Crippen LogP contribution in [0.15, 0.2) is 0 Å². The number of rotatable bonds is 7. The predicted octanol–water partition coefficient (Wildman–Crippen LogP) is 1.65. The van der Waals surface area contributed by atoms with Gasteiger partial charge in [-0.2, -0.15) is 10.2 Å². The van der Waals surface area contributed by atoms with Crippen molar-refractivity contribution in [3.05, 3.63) is 28.2 Å². The average Bonchev–Trinajstić information content (AvgIpc) is 3.20. The lowest BCUT2D eigenvalue weighted by atomic mass is 9.92. The number of ether oxygens (including phenoxy) is 1. The molecule has 2 aromatic rings. The first kappa shape index (κ1) is 20.4. The van der Waals surface area contributed by atoms with Crippen LogP contribution in [0.5, 0.6) is 5.88 Å². The Kier molecular flexibility index (Phi) is 5.79. The minimum Gasteiger partial charge on any atom is -0.481 e. The number of hydrogen-bond acceptors (Lipinski definition) is 5. The lowest BCUT2D eigenvalue weighted by Gasteiger charge is -2.26. The van der Waals surface area contributed by atoms with Gasteiger partial charge in [0.15, 0.2) is 0 Å². The highest BCUT2D eigenvalue weighted by Gasteiger charge is 2.40. The Morgan fingerprint density at radius 2 is 1.89 bits per heavy atom. The number of hydrogen-bond donors (Lipinski definition) is 1. The van der Waals surface area contributed by atoms with Gasteiger partial charge in [0.1, 0.15) is 0 Å². The average molecular weight is 389 g/mol. The summed E-state index contributed by atoms with van der Waals surface area (Å²) < 4.78 is 9.22. The van der Waals surface area contributed by atoms with E-state index < -0.39 is 0 Å². The quantitative estimate of drug-likeness (QED) is 0.780. The van der Waals surface area contributed by atoms with Gasteiger partial charge in [-0.25, -0.2) is 4.68 Å². The molecule has 1 aliphatic heterocycles. The second-order valence-corrected chi connectivity index (χ2v) is 7.66. The molecule has 1 N–H and O–H groups in total. The maximum absolute atomic E-state index is 12.5. The van der Waals surface area contributed by atoms with Crippen LogP contribution < -0.4 is 10.1 Å². The molecule has 0 unspecified atom stereocenters. The zero-order valence-electron chi connectivity index (χ0n) is 18.0. The van der Waals surface area contributed by atoms with Crippen LogP contribution in [0, 0.1) is 19.8 Å². The van der Waals surface area contributed by atoms with Crippen LogP contribution in [0.3, 0.4) is 0 Å². The predicted molar refractivity (Wildman–Crippen MR) is 107 cm³/mol. The second kappa shape index (κ2) is 7.95. The fourth-order valence-corrected chi connectivity index (χ4v) is 4.49. The number of aromatic nitrogens is 4. The molecule has 0 aromatic carbocycles. The van der Waals surface area contributed by atoms with Gasteiger partial charge in [0.05, 0.1) is 30.1 Å². The van der Waals surface area contributed by atoms with Crippen molar-refractivity contribution in [2.45, 2.75) is 46.2 Å². The van der Waals surface area contributed by atoms with Gasteiger partial charge in [-0.05, 0) is 20.3 Å². The molecule has 1 aliphatic rings. The molecule has 1 fully saturated rings. The molecular weight excluding hydrogens is 356 g/mol. The SMILES string of the molecule is CCc1nn(C)c(OC)c1CNC[C@@H]1CC(=O)N(C)[C@H]1c1c(C)nn(C)c1C. The highest BCUT2D eigenvalue weighted by Crippen LogP contribution is 2.39. The summed E-state index contributed by atoms with van der Waals surface area (Å²) in [6.07, 6.45) is 1.41. The Morgan fingerprint density at radius 1 is 1.18 bits per heavy atom. The maximum atomic E-state index is 12.5. The van der Waals surface area contributed by atoms with E-state index in [0.29, 0.717) is 13.0 Å². The minimum absolute atomic E-state index is 0.0511. The van der Waals surface area contributed by atoms with Gasteiger partial charge in [0.2, 0.25) is 11.8 Å². The smallest absolute Gasteiger partial charge is 0.223 e. The van der Waals surface area contributed by atoms with Crippen molar-refractivity contribution in [3.63, 3.8) is 0 Å². The lowest BCUT2D eigenvalue weighted by molar-refractivity contribution is -0.127. The second-order valence-electron chi connectivity index (χ2n) is 7.66. The Hall–Kier alpha value is -2.35. The van der Waals surface area contributed by atoms with E-state index in [-0.39, 0.29) is 17.9 Å². The number of likely N-dealkylation sites (tertiary alicyclic amines) is 1. The van der Waals surface area contributed by atoms with Crippen molar-refractivity contribution in [3.8, 4) is 5.88 Å². The fourth-order valence-electron chi connectivity index (χ4n) is 4.49. The van der Waals surface area contributed by atoms with Crippen molar-refractivity contribution in [2.24, 2.45) is 20.0 Å². The molecule has 3 heterocycles. The third-order valence-corrected chi connectivity index (χ3v) is 5.96. The van der Waals surface area contributed by atoms with Crippen LogP contribution in [-0.2, 0) is 31.9 Å². The molecule has 8 heteroatoms. The Bertz CT molecular complexity index is 869. The Balaban J connectivity index is 1.77. The number of amides is 1. The summed E-state index contributed by atoms with van der Waals surface area (Å²) in [5.41, 5.74) is 5.43. The van der Waals surface area contributed by atoms with Gasteiger partial charge < -0.3 is 15.0 Å². The number of nitrogens with zero attached hydrogens (tertiary/aromatic N) is 5. The third-order valence-electron chi connectivity index (χ3n) is 5.96. The molecule has 2 atom stereocenters. The molecule has 8 nitrogen and oxygen atoms in total. The van der Waals surface area contributed by atoms with Gasteiger partial charge >= 0.3 is 0 Å². The van der Waals surface area contributed by atoms with Crippen LogP contribution in [0.25, 0.3) is 0 Å². The number of nitrogens with one attached hydrogen (secondary N) is 1. The van der Waals surface area contributed by atoms with Gasteiger partial charge in [0, 0.05) is 57.8 Å². The summed E-state index contributed by atoms with van der Waals surface area (Å²) in [6.45, 7) is 7.61. The lowest BCUT2D eigenvalue weighted by Crippen LogP contribution is -2.30. The fraction of sp³-hybridized carbons (Fsp3) is 0.650. The van der Waals surface area contributed by atoms with Gasteiger partial charge in [0.25, 0.3) is 0 Å². The molecule has 0 bridgehead atoms. The number of methoxy groups -OCH3 is 1. The van der Waals surface area contributed by atoms with Crippen LogP contribution in [-0.4, -0.2) is 51.1 Å². The summed E-state index contributed by atoms with van der Waals surface area (Å²) >= 11 is 0. The molecule has 3 rings (SSSR count). The molecule has 1 saturated heterocycles. The van der Waals surface area contributed by atoms with E-state index in [2.05, 4.69) is 29.4 Å². The molecule has 0 spiro atoms. The number of carbonyl (C=O) groups excluding carboxylic acids is 1. The van der Waals surface area contributed by atoms with Crippen LogP contribution in [0.4, 0.5) is 0 Å². The molecule has 154 valence electrons. The van der Waals surface area contributed by atoms with E-state index in [1.807, 2.05) is 37.6 Å². The summed E-state index contributed by atoms with van der Waals surface area (Å²) in [7, 11) is 7.43. The van der Waals surface area contributed by atoms with Crippen LogP contribution >= 0.6 is 0 Å². The first-order valence-corrected chi connectivity index (χ1v) is 9.85. The zero-order valence-corrected chi connectivity index (χ0v) is 18.0. The zero-order chi connectivity index (χ0) is 20.6. The molecule has 2 aromatic heterocycles. The third kappa shape index (κ3) is 3.41. The van der Waals surface area contributed by atoms with Gasteiger partial charge in [-0.3, -0.25) is 9.48 Å². The molecule has 0 aliphatic carbocycles. The molecule has 1 amide bonds. The Morgan fingerprint density at radius 3 is 2.46 bits per heavy atom. The topological polar surface area (TPSA) is 77.2 Å². The highest BCUT2D eigenvalue weighted by molar-refractivity contribution is 5.79. The van der Waals surface area contributed by atoms with E-state index in [1.165, 1.54) is 5.56 Å². The minimum atomic E-state index is 0.0511. The largest absolute Gasteiger partial charge is 0.481 e. The summed E-state index contributed by atoms with van der Waals surface area (Å²) in [4.78, 5) is 14.4. The molecule has 0 radical (unpaired) electrons. The van der Waals surface area contributed by atoms with E-state index >= 15 is 0 Å². The number of carbonyl (C=O) groups is 1. The maximum Gasteiger partial charge on any atom is 0.223 e. The Labute approximate surface area is 166 Å². The van der Waals surface area contributed by atoms with Crippen molar-refractivity contribution >= 4 is 5.91 Å². The van der Waals surface area contributed by atoms with Crippen molar-refractivity contribution in [1.29, 1.82) is 0 Å². The monoisotopic (exact) mass is 388 g/mol. The normalized spacial score (nSPS) is 19.7. The highest BCUT2D eigenvalue weighted by atomic mass is 16.5.